The summed E-state index contributed by atoms with van der Waals surface area (Å²) in [6, 6.07) is 3.41. The van der Waals surface area contributed by atoms with Crippen LogP contribution in [-0.4, -0.2) is 26.8 Å². The summed E-state index contributed by atoms with van der Waals surface area (Å²) in [4.78, 5) is 25.4. The van der Waals surface area contributed by atoms with Crippen molar-refractivity contribution in [3.05, 3.63) is 33.6 Å². The van der Waals surface area contributed by atoms with Gasteiger partial charge in [-0.3, -0.25) is 9.48 Å². The maximum absolute atomic E-state index is 12.2. The Bertz CT molecular complexity index is 700. The molecule has 2 aromatic heterocycles. The summed E-state index contributed by atoms with van der Waals surface area (Å²) in [6.07, 6.45) is 1.54. The average Bonchev–Trinajstić information content (AvgIpc) is 2.96. The van der Waals surface area contributed by atoms with Crippen LogP contribution in [0.25, 0.3) is 0 Å². The molecule has 0 aromatic carbocycles. The molecule has 0 fully saturated rings. The molecule has 21 heavy (non-hydrogen) atoms. The van der Waals surface area contributed by atoms with Crippen LogP contribution in [0.15, 0.2) is 18.3 Å². The number of aryl methyl sites for hydroxylation is 2. The first kappa shape index (κ1) is 15.2. The van der Waals surface area contributed by atoms with E-state index in [4.69, 9.17) is 5.11 Å². The molecule has 7 heteroatoms. The largest absolute Gasteiger partial charge is 0.479 e. The number of anilines is 1. The van der Waals surface area contributed by atoms with Gasteiger partial charge in [0.2, 0.25) is 0 Å². The summed E-state index contributed by atoms with van der Waals surface area (Å²) < 4.78 is 1.32. The molecule has 0 saturated carbocycles. The van der Waals surface area contributed by atoms with Crippen molar-refractivity contribution in [1.82, 2.24) is 9.78 Å². The van der Waals surface area contributed by atoms with Crippen LogP contribution in [-0.2, 0) is 10.3 Å². The topological polar surface area (TPSA) is 84.2 Å². The van der Waals surface area contributed by atoms with Crippen molar-refractivity contribution in [3.8, 4) is 0 Å². The van der Waals surface area contributed by atoms with E-state index in [1.807, 2.05) is 19.9 Å². The molecule has 0 aliphatic heterocycles. The maximum Gasteiger partial charge on any atom is 0.331 e. The fourth-order valence-corrected chi connectivity index (χ4v) is 2.76. The molecule has 0 atom stereocenters. The highest BCUT2D eigenvalue weighted by Gasteiger charge is 2.30. The van der Waals surface area contributed by atoms with Crippen LogP contribution >= 0.6 is 11.3 Å². The van der Waals surface area contributed by atoms with Gasteiger partial charge in [-0.1, -0.05) is 0 Å². The summed E-state index contributed by atoms with van der Waals surface area (Å²) in [7, 11) is 0. The van der Waals surface area contributed by atoms with Crippen LogP contribution in [0.2, 0.25) is 0 Å². The number of amides is 1. The van der Waals surface area contributed by atoms with E-state index in [2.05, 4.69) is 10.4 Å². The Hall–Kier alpha value is -2.15. The molecule has 2 heterocycles. The highest BCUT2D eigenvalue weighted by atomic mass is 32.1. The normalized spacial score (nSPS) is 11.4. The smallest absolute Gasteiger partial charge is 0.331 e. The number of thiophene rings is 1. The van der Waals surface area contributed by atoms with Gasteiger partial charge in [0.15, 0.2) is 11.4 Å². The van der Waals surface area contributed by atoms with Gasteiger partial charge in [0, 0.05) is 22.0 Å². The van der Waals surface area contributed by atoms with E-state index in [1.165, 1.54) is 10.9 Å². The molecule has 0 saturated heterocycles. The van der Waals surface area contributed by atoms with Gasteiger partial charge in [-0.2, -0.15) is 5.10 Å². The van der Waals surface area contributed by atoms with Crippen LogP contribution in [0, 0.1) is 13.8 Å². The van der Waals surface area contributed by atoms with E-state index < -0.39 is 11.5 Å². The summed E-state index contributed by atoms with van der Waals surface area (Å²) in [5.41, 5.74) is -0.553. The monoisotopic (exact) mass is 307 g/mol. The van der Waals surface area contributed by atoms with Crippen molar-refractivity contribution in [3.63, 3.8) is 0 Å². The van der Waals surface area contributed by atoms with E-state index in [-0.39, 0.29) is 5.91 Å². The maximum atomic E-state index is 12.2. The van der Waals surface area contributed by atoms with Crippen molar-refractivity contribution in [1.29, 1.82) is 0 Å². The van der Waals surface area contributed by atoms with Crippen LogP contribution < -0.4 is 5.32 Å². The van der Waals surface area contributed by atoms with Gasteiger partial charge < -0.3 is 10.4 Å². The van der Waals surface area contributed by atoms with Gasteiger partial charge in [0.25, 0.3) is 5.91 Å². The summed E-state index contributed by atoms with van der Waals surface area (Å²) in [6.45, 7) is 6.91. The van der Waals surface area contributed by atoms with Crippen molar-refractivity contribution >= 4 is 29.0 Å². The van der Waals surface area contributed by atoms with Crippen molar-refractivity contribution in [2.24, 2.45) is 0 Å². The first-order valence-corrected chi connectivity index (χ1v) is 7.21. The van der Waals surface area contributed by atoms with Gasteiger partial charge in [-0.05, 0) is 33.8 Å². The van der Waals surface area contributed by atoms with E-state index >= 15 is 0 Å². The molecule has 0 spiro atoms. The SMILES string of the molecule is Cc1cc(C(=O)Nc2ccn(C(C)(C)C(=O)O)n2)c(C)s1. The summed E-state index contributed by atoms with van der Waals surface area (Å²) in [5, 5.41) is 16.0. The quantitative estimate of drug-likeness (QED) is 0.909. The summed E-state index contributed by atoms with van der Waals surface area (Å²) >= 11 is 1.56. The van der Waals surface area contributed by atoms with Crippen molar-refractivity contribution in [2.75, 3.05) is 5.32 Å². The predicted molar refractivity (Wildman–Crippen MR) is 80.9 cm³/mol. The lowest BCUT2D eigenvalue weighted by molar-refractivity contribution is -0.146. The van der Waals surface area contributed by atoms with E-state index in [1.54, 1.807) is 31.3 Å². The Balaban J connectivity index is 2.18. The highest BCUT2D eigenvalue weighted by Crippen LogP contribution is 2.22. The van der Waals surface area contributed by atoms with Gasteiger partial charge >= 0.3 is 5.97 Å². The van der Waals surface area contributed by atoms with Crippen molar-refractivity contribution < 1.29 is 14.7 Å². The molecule has 0 aliphatic carbocycles. The van der Waals surface area contributed by atoms with Gasteiger partial charge in [0.1, 0.15) is 0 Å². The molecule has 2 N–H and O–H groups in total. The van der Waals surface area contributed by atoms with Crippen LogP contribution in [0.1, 0.15) is 34.0 Å². The Morgan fingerprint density at radius 3 is 2.57 bits per heavy atom. The molecule has 6 nitrogen and oxygen atoms in total. The second kappa shape index (κ2) is 5.33. The Labute approximate surface area is 126 Å². The molecule has 2 rings (SSSR count). The number of nitrogens with one attached hydrogen (secondary N) is 1. The van der Waals surface area contributed by atoms with Crippen molar-refractivity contribution in [2.45, 2.75) is 33.2 Å². The second-order valence-corrected chi connectivity index (χ2v) is 6.75. The standard InChI is InChI=1S/C14H17N3O3S/c1-8-7-10(9(2)21-8)12(18)15-11-5-6-17(16-11)14(3,4)13(19)20/h5-7H,1-4H3,(H,19,20)(H,15,16,18). The third-order valence-corrected chi connectivity index (χ3v) is 4.18. The van der Waals surface area contributed by atoms with Crippen LogP contribution in [0.5, 0.6) is 0 Å². The zero-order valence-electron chi connectivity index (χ0n) is 12.3. The lowest BCUT2D eigenvalue weighted by atomic mass is 10.1. The number of aromatic nitrogens is 2. The number of nitrogens with zero attached hydrogens (tertiary/aromatic N) is 2. The first-order chi connectivity index (χ1) is 9.71. The number of carbonyl (C=O) groups excluding carboxylic acids is 1. The lowest BCUT2D eigenvalue weighted by Crippen LogP contribution is -2.36. The number of hydrogen-bond donors (Lipinski definition) is 2. The van der Waals surface area contributed by atoms with E-state index in [0.717, 1.165) is 9.75 Å². The molecular weight excluding hydrogens is 290 g/mol. The molecule has 1 amide bonds. The fraction of sp³-hybridized carbons (Fsp3) is 0.357. The third kappa shape index (κ3) is 2.97. The predicted octanol–water partition coefficient (Wildman–Crippen LogP) is 2.63. The molecule has 112 valence electrons. The highest BCUT2D eigenvalue weighted by molar-refractivity contribution is 7.12. The number of rotatable bonds is 4. The fourth-order valence-electron chi connectivity index (χ4n) is 1.84. The van der Waals surface area contributed by atoms with Crippen LogP contribution in [0.4, 0.5) is 5.82 Å². The number of carbonyl (C=O) groups is 2. The Morgan fingerprint density at radius 2 is 2.05 bits per heavy atom. The molecule has 0 bridgehead atoms. The average molecular weight is 307 g/mol. The molecular formula is C14H17N3O3S. The molecule has 0 aliphatic rings. The number of aliphatic carboxylic acids is 1. The second-order valence-electron chi connectivity index (χ2n) is 5.29. The Kier molecular flexibility index (Phi) is 3.87. The number of carboxylic acid groups (broad SMARTS) is 1. The van der Waals surface area contributed by atoms with Gasteiger partial charge in [-0.25, -0.2) is 4.79 Å². The summed E-state index contributed by atoms with van der Waals surface area (Å²) in [5.74, 6) is -0.902. The zero-order chi connectivity index (χ0) is 15.8. The molecule has 0 radical (unpaired) electrons. The molecule has 0 unspecified atom stereocenters. The number of carboxylic acids is 1. The van der Waals surface area contributed by atoms with E-state index in [9.17, 15) is 9.59 Å². The zero-order valence-corrected chi connectivity index (χ0v) is 13.1. The van der Waals surface area contributed by atoms with Gasteiger partial charge in [-0.15, -0.1) is 11.3 Å². The molecule has 2 aromatic rings. The number of hydrogen-bond acceptors (Lipinski definition) is 4. The minimum absolute atomic E-state index is 0.241. The minimum atomic E-state index is -1.17. The Morgan fingerprint density at radius 1 is 1.38 bits per heavy atom. The minimum Gasteiger partial charge on any atom is -0.479 e. The van der Waals surface area contributed by atoms with Crippen LogP contribution in [0.3, 0.4) is 0 Å². The lowest BCUT2D eigenvalue weighted by Gasteiger charge is -2.19. The van der Waals surface area contributed by atoms with E-state index in [0.29, 0.717) is 11.4 Å². The first-order valence-electron chi connectivity index (χ1n) is 6.39. The third-order valence-electron chi connectivity index (χ3n) is 3.21. The van der Waals surface area contributed by atoms with Gasteiger partial charge in [0.05, 0.1) is 5.56 Å².